The molecule has 3 aliphatic heterocycles. The van der Waals surface area contributed by atoms with E-state index in [0.29, 0.717) is 0 Å². The number of rotatable bonds is 2. The van der Waals surface area contributed by atoms with Crippen molar-refractivity contribution in [2.24, 2.45) is 0 Å². The molecule has 2 aromatic carbocycles. The van der Waals surface area contributed by atoms with Crippen LogP contribution in [0.1, 0.15) is 21.5 Å². The van der Waals surface area contributed by atoms with E-state index in [1.807, 2.05) is 42.1 Å². The SMILES string of the molecule is O=C([C]1=Cc2c3ccc[c]2[In]1/[C]3=C1/CSCN1)c1ccccc1. The summed E-state index contributed by atoms with van der Waals surface area (Å²) in [5.74, 6) is 2.30. The van der Waals surface area contributed by atoms with E-state index in [9.17, 15) is 4.79 Å². The number of benzene rings is 2. The number of carbonyl (C=O) groups is 1. The first-order chi connectivity index (χ1) is 11.3. The molecule has 1 saturated heterocycles. The Morgan fingerprint density at radius 1 is 1.09 bits per heavy atom. The third-order valence-electron chi connectivity index (χ3n) is 4.90. The van der Waals surface area contributed by atoms with Crippen LogP contribution in [-0.2, 0) is 0 Å². The summed E-state index contributed by atoms with van der Waals surface area (Å²) in [4.78, 5) is 13.1. The maximum atomic E-state index is 13.1. The summed E-state index contributed by atoms with van der Waals surface area (Å²) >= 11 is -0.498. The molecule has 0 atom stereocenters. The average molecular weight is 419 g/mol. The standard InChI is InChI=1S/C19H14NOS.In/c21-19(16-7-2-1-3-8-16)11-10-15-6-4-5-9-17(15)12-18-13-22-14-20-18;/h1-5,7-10,20H,13-14H2;. The van der Waals surface area contributed by atoms with Crippen LogP contribution < -0.4 is 8.64 Å². The molecule has 0 aromatic heterocycles. The van der Waals surface area contributed by atoms with Crippen molar-refractivity contribution in [1.29, 1.82) is 0 Å². The fraction of sp³-hybridized carbons (Fsp3) is 0.105. The second kappa shape index (κ2) is 5.32. The van der Waals surface area contributed by atoms with Crippen molar-refractivity contribution in [1.82, 2.24) is 5.32 Å². The summed E-state index contributed by atoms with van der Waals surface area (Å²) < 4.78 is 4.17. The Morgan fingerprint density at radius 3 is 2.70 bits per heavy atom. The van der Waals surface area contributed by atoms with E-state index < -0.39 is 21.4 Å². The molecule has 0 unspecified atom stereocenters. The van der Waals surface area contributed by atoms with Crippen LogP contribution in [-0.4, -0.2) is 38.9 Å². The van der Waals surface area contributed by atoms with Crippen molar-refractivity contribution in [2.45, 2.75) is 0 Å². The Morgan fingerprint density at radius 2 is 1.96 bits per heavy atom. The van der Waals surface area contributed by atoms with Gasteiger partial charge in [0.05, 0.1) is 0 Å². The van der Waals surface area contributed by atoms with E-state index in [2.05, 4.69) is 29.6 Å². The molecule has 3 aliphatic rings. The molecular weight excluding hydrogens is 405 g/mol. The quantitative estimate of drug-likeness (QED) is 0.760. The fourth-order valence-corrected chi connectivity index (χ4v) is 15.7. The monoisotopic (exact) mass is 419 g/mol. The molecule has 3 heterocycles. The summed E-state index contributed by atoms with van der Waals surface area (Å²) in [5, 5.41) is 3.56. The molecule has 0 saturated carbocycles. The Balaban J connectivity index is 1.65. The van der Waals surface area contributed by atoms with Gasteiger partial charge in [-0.2, -0.15) is 0 Å². The van der Waals surface area contributed by atoms with E-state index in [0.717, 1.165) is 20.5 Å². The second-order valence-electron chi connectivity index (χ2n) is 6.10. The van der Waals surface area contributed by atoms with Gasteiger partial charge in [0.2, 0.25) is 0 Å². The Hall–Kier alpha value is -1.39. The first kappa shape index (κ1) is 14.0. The first-order valence-electron chi connectivity index (χ1n) is 7.84. The molecule has 2 aromatic rings. The number of allylic oxidation sites excluding steroid dienone is 1. The predicted molar refractivity (Wildman–Crippen MR) is 98.0 cm³/mol. The predicted octanol–water partition coefficient (Wildman–Crippen LogP) is 2.77. The van der Waals surface area contributed by atoms with Gasteiger partial charge in [-0.3, -0.25) is 0 Å². The number of thioether (sulfide) groups is 1. The minimum absolute atomic E-state index is 0.247. The van der Waals surface area contributed by atoms with Crippen LogP contribution >= 0.6 is 11.8 Å². The Labute approximate surface area is 147 Å². The van der Waals surface area contributed by atoms with Crippen LogP contribution in [0.2, 0.25) is 0 Å². The Bertz CT molecular complexity index is 893. The molecule has 1 fully saturated rings. The van der Waals surface area contributed by atoms with Crippen LogP contribution in [0.15, 0.2) is 57.6 Å². The van der Waals surface area contributed by atoms with Gasteiger partial charge < -0.3 is 0 Å². The van der Waals surface area contributed by atoms with Gasteiger partial charge in [-0.15, -0.1) is 0 Å². The van der Waals surface area contributed by atoms with Gasteiger partial charge in [0.1, 0.15) is 0 Å². The number of ketones is 1. The van der Waals surface area contributed by atoms with Crippen LogP contribution in [0.4, 0.5) is 0 Å². The number of hydrogen-bond donors (Lipinski definition) is 1. The normalized spacial score (nSPS) is 20.7. The average Bonchev–Trinajstić information content (AvgIpc) is 3.29. The van der Waals surface area contributed by atoms with Gasteiger partial charge in [0, 0.05) is 0 Å². The fourth-order valence-electron chi connectivity index (χ4n) is 3.91. The molecule has 2 nitrogen and oxygen atoms in total. The van der Waals surface area contributed by atoms with Gasteiger partial charge in [-0.1, -0.05) is 0 Å². The van der Waals surface area contributed by atoms with Crippen LogP contribution in [0.25, 0.3) is 9.41 Å². The summed E-state index contributed by atoms with van der Waals surface area (Å²) in [7, 11) is 0. The van der Waals surface area contributed by atoms with E-state index in [-0.39, 0.29) is 5.78 Å². The Kier molecular flexibility index (Phi) is 3.24. The molecule has 1 N–H and O–H groups in total. The molecular formula is C19H14InNOS. The van der Waals surface area contributed by atoms with Crippen molar-refractivity contribution >= 4 is 51.7 Å². The number of Topliss-reactive ketones (excluding diaryl/α,β-unsaturated/α-hetero) is 1. The molecule has 0 radical (unpaired) electrons. The van der Waals surface area contributed by atoms with Crippen LogP contribution in [0.5, 0.6) is 0 Å². The number of hydrogen-bond acceptors (Lipinski definition) is 3. The van der Waals surface area contributed by atoms with Crippen molar-refractivity contribution in [3.8, 4) is 0 Å². The first-order valence-corrected chi connectivity index (χ1v) is 13.9. The second-order valence-corrected chi connectivity index (χ2v) is 14.8. The van der Waals surface area contributed by atoms with Gasteiger partial charge in [0.15, 0.2) is 0 Å². The van der Waals surface area contributed by atoms with E-state index >= 15 is 0 Å². The number of carbonyl (C=O) groups excluding carboxylic acids is 1. The molecule has 0 aliphatic carbocycles. The molecule has 4 bridgehead atoms. The van der Waals surface area contributed by atoms with Crippen molar-refractivity contribution < 1.29 is 4.79 Å². The van der Waals surface area contributed by atoms with Crippen molar-refractivity contribution in [3.05, 3.63) is 74.2 Å². The van der Waals surface area contributed by atoms with Gasteiger partial charge in [0.25, 0.3) is 0 Å². The van der Waals surface area contributed by atoms with Gasteiger partial charge in [-0.05, 0) is 0 Å². The topological polar surface area (TPSA) is 29.1 Å². The summed E-state index contributed by atoms with van der Waals surface area (Å²) in [6, 6.07) is 16.4. The van der Waals surface area contributed by atoms with Crippen LogP contribution in [0, 0.1) is 0 Å². The minimum atomic E-state index is -2.43. The summed E-state index contributed by atoms with van der Waals surface area (Å²) in [6.45, 7) is 0. The van der Waals surface area contributed by atoms with Gasteiger partial charge in [-0.25, -0.2) is 0 Å². The molecule has 4 heteroatoms. The number of nitrogens with one attached hydrogen (secondary N) is 1. The molecule has 5 rings (SSSR count). The van der Waals surface area contributed by atoms with E-state index in [4.69, 9.17) is 0 Å². The summed E-state index contributed by atoms with van der Waals surface area (Å²) in [6.07, 6.45) is 2.20. The van der Waals surface area contributed by atoms with Crippen LogP contribution in [0.3, 0.4) is 0 Å². The zero-order chi connectivity index (χ0) is 15.4. The van der Waals surface area contributed by atoms with E-state index in [1.165, 1.54) is 23.5 Å². The molecule has 110 valence electrons. The zero-order valence-electron chi connectivity index (χ0n) is 12.5. The summed E-state index contributed by atoms with van der Waals surface area (Å²) in [5.41, 5.74) is 4.96. The molecule has 0 spiro atoms. The third kappa shape index (κ3) is 2.01. The third-order valence-corrected chi connectivity index (χ3v) is 15.5. The maximum absolute atomic E-state index is 13.1. The zero-order valence-corrected chi connectivity index (χ0v) is 16.6. The molecule has 0 amide bonds. The van der Waals surface area contributed by atoms with Gasteiger partial charge >= 0.3 is 148 Å². The molecule has 23 heavy (non-hydrogen) atoms. The van der Waals surface area contributed by atoms with E-state index in [1.54, 1.807) is 0 Å². The van der Waals surface area contributed by atoms with Crippen molar-refractivity contribution in [2.75, 3.05) is 11.6 Å². The van der Waals surface area contributed by atoms with Crippen molar-refractivity contribution in [3.63, 3.8) is 0 Å².